The average molecular weight is 357 g/mol. The molecule has 1 atom stereocenters. The number of aromatic amines is 1. The molecule has 3 N–H and O–H groups in total. The van der Waals surface area contributed by atoms with Crippen molar-refractivity contribution in [2.45, 2.75) is 18.9 Å². The van der Waals surface area contributed by atoms with E-state index in [9.17, 15) is 14.4 Å². The summed E-state index contributed by atoms with van der Waals surface area (Å²) >= 11 is 0. The van der Waals surface area contributed by atoms with Gasteiger partial charge in [-0.05, 0) is 24.1 Å². The van der Waals surface area contributed by atoms with Gasteiger partial charge in [0.05, 0.1) is 13.5 Å². The third-order valence-electron chi connectivity index (χ3n) is 4.04. The molecule has 136 valence electrons. The Bertz CT molecular complexity index is 788. The van der Waals surface area contributed by atoms with Crippen LogP contribution in [0.2, 0.25) is 0 Å². The summed E-state index contributed by atoms with van der Waals surface area (Å²) < 4.78 is 5.10. The SMILES string of the molecule is COc1ccc(CCN2C(=O)NC(CC(=O)Nc3ncc[nH]3)C2=O)cc1. The van der Waals surface area contributed by atoms with E-state index in [-0.39, 0.29) is 13.0 Å². The summed E-state index contributed by atoms with van der Waals surface area (Å²) in [7, 11) is 1.59. The van der Waals surface area contributed by atoms with E-state index in [1.54, 1.807) is 13.3 Å². The first-order chi connectivity index (χ1) is 12.6. The second kappa shape index (κ2) is 7.68. The minimum atomic E-state index is -0.867. The second-order valence-electron chi connectivity index (χ2n) is 5.78. The molecule has 2 heterocycles. The minimum absolute atomic E-state index is 0.149. The normalized spacial score (nSPS) is 16.5. The van der Waals surface area contributed by atoms with Crippen LogP contribution in [0.5, 0.6) is 5.75 Å². The van der Waals surface area contributed by atoms with Gasteiger partial charge in [-0.3, -0.25) is 19.8 Å². The average Bonchev–Trinajstić information content (AvgIpc) is 3.22. The van der Waals surface area contributed by atoms with Gasteiger partial charge in [0.25, 0.3) is 5.91 Å². The molecule has 0 radical (unpaired) electrons. The smallest absolute Gasteiger partial charge is 0.324 e. The van der Waals surface area contributed by atoms with E-state index in [1.165, 1.54) is 6.20 Å². The number of benzene rings is 1. The highest BCUT2D eigenvalue weighted by molar-refractivity contribution is 6.06. The number of urea groups is 1. The Kier molecular flexibility index (Phi) is 5.16. The molecule has 1 unspecified atom stereocenters. The first-order valence-electron chi connectivity index (χ1n) is 8.11. The predicted molar refractivity (Wildman–Crippen MR) is 92.6 cm³/mol. The van der Waals surface area contributed by atoms with Gasteiger partial charge in [-0.15, -0.1) is 0 Å². The first kappa shape index (κ1) is 17.5. The number of H-pyrrole nitrogens is 1. The number of methoxy groups -OCH3 is 1. The minimum Gasteiger partial charge on any atom is -0.497 e. The summed E-state index contributed by atoms with van der Waals surface area (Å²) in [5.74, 6) is 0.225. The van der Waals surface area contributed by atoms with Crippen LogP contribution in [0.1, 0.15) is 12.0 Å². The number of carbonyl (C=O) groups excluding carboxylic acids is 3. The first-order valence-corrected chi connectivity index (χ1v) is 8.11. The zero-order valence-electron chi connectivity index (χ0n) is 14.2. The molecule has 1 saturated heterocycles. The van der Waals surface area contributed by atoms with E-state index in [4.69, 9.17) is 4.74 Å². The fourth-order valence-electron chi connectivity index (χ4n) is 2.66. The van der Waals surface area contributed by atoms with Gasteiger partial charge in [0.1, 0.15) is 11.8 Å². The Labute approximate surface area is 149 Å². The van der Waals surface area contributed by atoms with E-state index in [0.29, 0.717) is 12.4 Å². The summed E-state index contributed by atoms with van der Waals surface area (Å²) in [6.07, 6.45) is 3.44. The van der Waals surface area contributed by atoms with E-state index >= 15 is 0 Å². The molecule has 9 heteroatoms. The molecule has 1 aliphatic rings. The maximum Gasteiger partial charge on any atom is 0.324 e. The summed E-state index contributed by atoms with van der Waals surface area (Å²) in [6.45, 7) is 0.243. The fraction of sp³-hybridized carbons (Fsp3) is 0.294. The largest absolute Gasteiger partial charge is 0.497 e. The molecule has 3 rings (SSSR count). The number of imidazole rings is 1. The molecule has 0 spiro atoms. The summed E-state index contributed by atoms with van der Waals surface area (Å²) in [5, 5.41) is 5.07. The molecular weight excluding hydrogens is 338 g/mol. The van der Waals surface area contributed by atoms with Crippen LogP contribution in [0.3, 0.4) is 0 Å². The number of carbonyl (C=O) groups is 3. The van der Waals surface area contributed by atoms with Gasteiger partial charge in [0.15, 0.2) is 0 Å². The van der Waals surface area contributed by atoms with Crippen LogP contribution >= 0.6 is 0 Å². The third-order valence-corrected chi connectivity index (χ3v) is 4.04. The van der Waals surface area contributed by atoms with E-state index in [1.807, 2.05) is 24.3 Å². The maximum absolute atomic E-state index is 12.4. The van der Waals surface area contributed by atoms with E-state index in [2.05, 4.69) is 20.6 Å². The number of imide groups is 1. The molecule has 0 bridgehead atoms. The molecule has 4 amide bonds. The Morgan fingerprint density at radius 2 is 2.08 bits per heavy atom. The number of amides is 4. The van der Waals surface area contributed by atoms with Crippen molar-refractivity contribution in [1.82, 2.24) is 20.2 Å². The molecular formula is C17H19N5O4. The number of rotatable bonds is 7. The lowest BCUT2D eigenvalue weighted by Gasteiger charge is -2.13. The zero-order valence-corrected chi connectivity index (χ0v) is 14.2. The number of ether oxygens (including phenoxy) is 1. The highest BCUT2D eigenvalue weighted by Gasteiger charge is 2.38. The van der Waals surface area contributed by atoms with Gasteiger partial charge in [-0.25, -0.2) is 9.78 Å². The fourth-order valence-corrected chi connectivity index (χ4v) is 2.66. The van der Waals surface area contributed by atoms with Crippen LogP contribution < -0.4 is 15.4 Å². The van der Waals surface area contributed by atoms with Gasteiger partial charge in [-0.1, -0.05) is 12.1 Å². The van der Waals surface area contributed by atoms with Crippen molar-refractivity contribution < 1.29 is 19.1 Å². The number of anilines is 1. The topological polar surface area (TPSA) is 116 Å². The van der Waals surface area contributed by atoms with Crippen molar-refractivity contribution in [2.24, 2.45) is 0 Å². The number of hydrogen-bond acceptors (Lipinski definition) is 5. The van der Waals surface area contributed by atoms with Crippen molar-refractivity contribution in [2.75, 3.05) is 19.0 Å². The van der Waals surface area contributed by atoms with Crippen molar-refractivity contribution in [3.05, 3.63) is 42.2 Å². The van der Waals surface area contributed by atoms with Crippen molar-refractivity contribution in [3.8, 4) is 5.75 Å². The van der Waals surface area contributed by atoms with Gasteiger partial charge in [0, 0.05) is 18.9 Å². The maximum atomic E-state index is 12.4. The Morgan fingerprint density at radius 3 is 2.73 bits per heavy atom. The van der Waals surface area contributed by atoms with Crippen LogP contribution in [0.4, 0.5) is 10.7 Å². The van der Waals surface area contributed by atoms with E-state index in [0.717, 1.165) is 16.2 Å². The summed E-state index contributed by atoms with van der Waals surface area (Å²) in [4.78, 5) is 44.1. The molecule has 1 aliphatic heterocycles. The molecule has 1 fully saturated rings. The van der Waals surface area contributed by atoms with Gasteiger partial charge in [-0.2, -0.15) is 0 Å². The highest BCUT2D eigenvalue weighted by atomic mass is 16.5. The zero-order chi connectivity index (χ0) is 18.5. The molecule has 1 aromatic carbocycles. The number of nitrogens with zero attached hydrogens (tertiary/aromatic N) is 2. The quantitative estimate of drug-likeness (QED) is 0.637. The summed E-state index contributed by atoms with van der Waals surface area (Å²) in [6, 6.07) is 6.05. The number of hydrogen-bond donors (Lipinski definition) is 3. The standard InChI is InChI=1S/C17H19N5O4/c1-26-12-4-2-11(3-5-12)6-9-22-15(24)13(20-17(22)25)10-14(23)21-16-18-7-8-19-16/h2-5,7-8,13H,6,9-10H2,1H3,(H,20,25)(H2,18,19,21,23). The Balaban J connectivity index is 1.53. The molecule has 9 nitrogen and oxygen atoms in total. The monoisotopic (exact) mass is 357 g/mol. The third kappa shape index (κ3) is 4.00. The van der Waals surface area contributed by atoms with Crippen LogP contribution in [0.15, 0.2) is 36.7 Å². The van der Waals surface area contributed by atoms with E-state index < -0.39 is 23.9 Å². The molecule has 26 heavy (non-hydrogen) atoms. The van der Waals surface area contributed by atoms with Crippen LogP contribution in [-0.2, 0) is 16.0 Å². The van der Waals surface area contributed by atoms with Crippen molar-refractivity contribution >= 4 is 23.8 Å². The van der Waals surface area contributed by atoms with Crippen LogP contribution in [0.25, 0.3) is 0 Å². The van der Waals surface area contributed by atoms with Crippen LogP contribution in [0, 0.1) is 0 Å². The van der Waals surface area contributed by atoms with Crippen molar-refractivity contribution in [1.29, 1.82) is 0 Å². The molecule has 0 saturated carbocycles. The Hall–Kier alpha value is -3.36. The van der Waals surface area contributed by atoms with Crippen LogP contribution in [-0.4, -0.2) is 52.4 Å². The summed E-state index contributed by atoms with van der Waals surface area (Å²) in [5.41, 5.74) is 0.977. The lowest BCUT2D eigenvalue weighted by atomic mass is 10.1. The van der Waals surface area contributed by atoms with Gasteiger partial charge in [0.2, 0.25) is 11.9 Å². The lowest BCUT2D eigenvalue weighted by Crippen LogP contribution is -2.35. The highest BCUT2D eigenvalue weighted by Crippen LogP contribution is 2.15. The van der Waals surface area contributed by atoms with Gasteiger partial charge < -0.3 is 15.0 Å². The number of nitrogens with one attached hydrogen (secondary N) is 3. The molecule has 0 aliphatic carbocycles. The lowest BCUT2D eigenvalue weighted by molar-refractivity contribution is -0.129. The predicted octanol–water partition coefficient (Wildman–Crippen LogP) is 0.910. The number of aromatic nitrogens is 2. The molecule has 2 aromatic rings. The van der Waals surface area contributed by atoms with Gasteiger partial charge >= 0.3 is 6.03 Å². The van der Waals surface area contributed by atoms with Crippen molar-refractivity contribution in [3.63, 3.8) is 0 Å². The Morgan fingerprint density at radius 1 is 1.31 bits per heavy atom. The second-order valence-corrected chi connectivity index (χ2v) is 5.78. The molecule has 1 aromatic heterocycles.